The maximum Gasteiger partial charge on any atom is 0.129 e. The van der Waals surface area contributed by atoms with Gasteiger partial charge in [0.25, 0.3) is 0 Å². The molecule has 1 aliphatic heterocycles. The summed E-state index contributed by atoms with van der Waals surface area (Å²) in [4.78, 5) is 7.09. The standard InChI is InChI=1S/C25H34N2O/c1-8-17(2)19-9-11-21(12-10-19)26-16-20-13-22-18(3)15-25(4,5)27(6)23(22)14-24(20)28-7/h9-14,16-18H,8,15H2,1-7H3. The molecule has 0 bridgehead atoms. The number of methoxy groups -OCH3 is 1. The Labute approximate surface area is 170 Å². The number of hydrogen-bond donors (Lipinski definition) is 0. The van der Waals surface area contributed by atoms with Crippen molar-refractivity contribution in [2.24, 2.45) is 4.99 Å². The van der Waals surface area contributed by atoms with E-state index in [1.807, 2.05) is 6.21 Å². The molecule has 150 valence electrons. The first-order chi connectivity index (χ1) is 13.3. The molecule has 2 unspecified atom stereocenters. The van der Waals surface area contributed by atoms with Crippen LogP contribution in [-0.4, -0.2) is 25.9 Å². The first-order valence-electron chi connectivity index (χ1n) is 10.4. The zero-order valence-corrected chi connectivity index (χ0v) is 18.4. The Hall–Kier alpha value is -2.29. The van der Waals surface area contributed by atoms with E-state index in [1.165, 1.54) is 16.8 Å². The van der Waals surface area contributed by atoms with E-state index in [9.17, 15) is 0 Å². The normalized spacial score (nSPS) is 19.5. The maximum absolute atomic E-state index is 5.70. The second kappa shape index (κ2) is 7.98. The highest BCUT2D eigenvalue weighted by Crippen LogP contribution is 2.44. The van der Waals surface area contributed by atoms with Crippen molar-refractivity contribution in [3.05, 3.63) is 53.1 Å². The van der Waals surface area contributed by atoms with E-state index in [2.05, 4.69) is 83.0 Å². The molecule has 0 N–H and O–H groups in total. The van der Waals surface area contributed by atoms with E-state index in [0.29, 0.717) is 11.8 Å². The summed E-state index contributed by atoms with van der Waals surface area (Å²) < 4.78 is 5.70. The first-order valence-corrected chi connectivity index (χ1v) is 10.4. The highest BCUT2D eigenvalue weighted by atomic mass is 16.5. The molecule has 2 aromatic carbocycles. The number of benzene rings is 2. The summed E-state index contributed by atoms with van der Waals surface area (Å²) in [6.45, 7) is 11.4. The molecule has 1 aliphatic rings. The molecule has 3 nitrogen and oxygen atoms in total. The Kier molecular flexibility index (Phi) is 5.83. The lowest BCUT2D eigenvalue weighted by molar-refractivity contribution is 0.389. The fraction of sp³-hybridized carbons (Fsp3) is 0.480. The lowest BCUT2D eigenvalue weighted by Crippen LogP contribution is -2.45. The Morgan fingerprint density at radius 1 is 1.25 bits per heavy atom. The van der Waals surface area contributed by atoms with Gasteiger partial charge in [0.2, 0.25) is 0 Å². The second-order valence-electron chi connectivity index (χ2n) is 8.79. The van der Waals surface area contributed by atoms with Crippen LogP contribution in [0.3, 0.4) is 0 Å². The van der Waals surface area contributed by atoms with E-state index >= 15 is 0 Å². The molecular formula is C25H34N2O. The van der Waals surface area contributed by atoms with Gasteiger partial charge in [0.1, 0.15) is 5.75 Å². The highest BCUT2D eigenvalue weighted by molar-refractivity contribution is 5.87. The van der Waals surface area contributed by atoms with Crippen LogP contribution >= 0.6 is 0 Å². The molecule has 3 rings (SSSR count). The van der Waals surface area contributed by atoms with E-state index in [-0.39, 0.29) is 5.54 Å². The molecule has 0 saturated heterocycles. The smallest absolute Gasteiger partial charge is 0.129 e. The van der Waals surface area contributed by atoms with Crippen LogP contribution in [0.25, 0.3) is 0 Å². The lowest BCUT2D eigenvalue weighted by atomic mass is 9.80. The Bertz CT molecular complexity index is 852. The summed E-state index contributed by atoms with van der Waals surface area (Å²) in [6.07, 6.45) is 4.22. The van der Waals surface area contributed by atoms with Crippen molar-refractivity contribution in [2.75, 3.05) is 19.1 Å². The van der Waals surface area contributed by atoms with Gasteiger partial charge in [-0.1, -0.05) is 32.9 Å². The van der Waals surface area contributed by atoms with E-state index < -0.39 is 0 Å². The molecular weight excluding hydrogens is 344 g/mol. The van der Waals surface area contributed by atoms with Crippen LogP contribution in [0.1, 0.15) is 76.0 Å². The molecule has 3 heteroatoms. The summed E-state index contributed by atoms with van der Waals surface area (Å²) in [7, 11) is 3.91. The minimum absolute atomic E-state index is 0.143. The van der Waals surface area contributed by atoms with Gasteiger partial charge in [0.15, 0.2) is 0 Å². The summed E-state index contributed by atoms with van der Waals surface area (Å²) in [6, 6.07) is 13.0. The highest BCUT2D eigenvalue weighted by Gasteiger charge is 2.34. The molecule has 0 amide bonds. The average molecular weight is 379 g/mol. The largest absolute Gasteiger partial charge is 0.496 e. The topological polar surface area (TPSA) is 24.8 Å². The van der Waals surface area contributed by atoms with Crippen LogP contribution in [0, 0.1) is 0 Å². The molecule has 0 saturated carbocycles. The number of hydrogen-bond acceptors (Lipinski definition) is 3. The third-order valence-corrected chi connectivity index (χ3v) is 6.41. The van der Waals surface area contributed by atoms with E-state index in [0.717, 1.165) is 29.8 Å². The number of aliphatic imine (C=N–C) groups is 1. The lowest BCUT2D eigenvalue weighted by Gasteiger charge is -2.45. The van der Waals surface area contributed by atoms with Crippen LogP contribution in [0.4, 0.5) is 11.4 Å². The zero-order chi connectivity index (χ0) is 20.5. The van der Waals surface area contributed by atoms with Gasteiger partial charge in [0, 0.05) is 36.1 Å². The Morgan fingerprint density at radius 2 is 1.93 bits per heavy atom. The fourth-order valence-corrected chi connectivity index (χ4v) is 4.16. The maximum atomic E-state index is 5.70. The molecule has 0 aromatic heterocycles. The van der Waals surface area contributed by atoms with E-state index in [4.69, 9.17) is 9.73 Å². The molecule has 28 heavy (non-hydrogen) atoms. The minimum Gasteiger partial charge on any atom is -0.496 e. The quantitative estimate of drug-likeness (QED) is 0.542. The molecule has 2 atom stereocenters. The van der Waals surface area contributed by atoms with Crippen molar-refractivity contribution in [1.29, 1.82) is 0 Å². The first kappa shape index (κ1) is 20.4. The Balaban J connectivity index is 1.92. The molecule has 2 aromatic rings. The average Bonchev–Trinajstić information content (AvgIpc) is 2.69. The van der Waals surface area contributed by atoms with Crippen molar-refractivity contribution < 1.29 is 4.74 Å². The minimum atomic E-state index is 0.143. The number of rotatable bonds is 5. The molecule has 0 aliphatic carbocycles. The van der Waals surface area contributed by atoms with Crippen molar-refractivity contribution >= 4 is 17.6 Å². The van der Waals surface area contributed by atoms with Crippen LogP contribution < -0.4 is 9.64 Å². The number of nitrogens with zero attached hydrogens (tertiary/aromatic N) is 2. The van der Waals surface area contributed by atoms with Crippen molar-refractivity contribution in [3.63, 3.8) is 0 Å². The summed E-state index contributed by atoms with van der Waals surface area (Å²) in [5.74, 6) is 1.96. The van der Waals surface area contributed by atoms with Crippen LogP contribution in [-0.2, 0) is 0 Å². The van der Waals surface area contributed by atoms with Crippen molar-refractivity contribution in [3.8, 4) is 5.75 Å². The third-order valence-electron chi connectivity index (χ3n) is 6.41. The number of anilines is 1. The van der Waals surface area contributed by atoms with Gasteiger partial charge in [0.05, 0.1) is 12.8 Å². The van der Waals surface area contributed by atoms with Gasteiger partial charge in [-0.2, -0.15) is 0 Å². The summed E-state index contributed by atoms with van der Waals surface area (Å²) in [5.41, 5.74) is 6.15. The predicted molar refractivity (Wildman–Crippen MR) is 121 cm³/mol. The second-order valence-corrected chi connectivity index (χ2v) is 8.79. The van der Waals surface area contributed by atoms with Crippen molar-refractivity contribution in [1.82, 2.24) is 0 Å². The fourth-order valence-electron chi connectivity index (χ4n) is 4.16. The van der Waals surface area contributed by atoms with Gasteiger partial charge in [-0.3, -0.25) is 4.99 Å². The SMILES string of the molecule is CCC(C)c1ccc(N=Cc2cc3c(cc2OC)N(C)C(C)(C)CC3C)cc1. The van der Waals surface area contributed by atoms with Gasteiger partial charge in [-0.25, -0.2) is 0 Å². The van der Waals surface area contributed by atoms with E-state index in [1.54, 1.807) is 7.11 Å². The van der Waals surface area contributed by atoms with Gasteiger partial charge >= 0.3 is 0 Å². The zero-order valence-electron chi connectivity index (χ0n) is 18.4. The molecule has 0 radical (unpaired) electrons. The number of fused-ring (bicyclic) bond motifs is 1. The van der Waals surface area contributed by atoms with Gasteiger partial charge in [-0.15, -0.1) is 0 Å². The molecule has 0 fully saturated rings. The monoisotopic (exact) mass is 378 g/mol. The van der Waals surface area contributed by atoms with Crippen LogP contribution in [0.2, 0.25) is 0 Å². The molecule has 0 spiro atoms. The molecule has 1 heterocycles. The van der Waals surface area contributed by atoms with Crippen LogP contribution in [0.5, 0.6) is 5.75 Å². The number of ether oxygens (including phenoxy) is 1. The third kappa shape index (κ3) is 3.94. The summed E-state index contributed by atoms with van der Waals surface area (Å²) in [5, 5.41) is 0. The Morgan fingerprint density at radius 3 is 2.54 bits per heavy atom. The predicted octanol–water partition coefficient (Wildman–Crippen LogP) is 6.68. The van der Waals surface area contributed by atoms with Gasteiger partial charge < -0.3 is 9.64 Å². The van der Waals surface area contributed by atoms with Gasteiger partial charge in [-0.05, 0) is 67.9 Å². The van der Waals surface area contributed by atoms with Crippen LogP contribution in [0.15, 0.2) is 41.4 Å². The van der Waals surface area contributed by atoms with Crippen molar-refractivity contribution in [2.45, 2.75) is 64.8 Å². The summed E-state index contributed by atoms with van der Waals surface area (Å²) >= 11 is 0.